The first-order valence-corrected chi connectivity index (χ1v) is 3.09. The zero-order chi connectivity index (χ0) is 7.78. The maximum atomic E-state index is 10.5. The van der Waals surface area contributed by atoms with Crippen LogP contribution in [-0.2, 0) is 9.53 Å². The number of aliphatic hydroxyl groups is 2. The van der Waals surface area contributed by atoms with Crippen LogP contribution in [0.25, 0.3) is 0 Å². The second-order valence-electron chi connectivity index (χ2n) is 2.82. The van der Waals surface area contributed by atoms with Gasteiger partial charge in [-0.05, 0) is 6.92 Å². The molecule has 4 heteroatoms. The molecule has 1 aliphatic rings. The first-order valence-electron chi connectivity index (χ1n) is 3.09. The van der Waals surface area contributed by atoms with Crippen molar-refractivity contribution in [2.75, 3.05) is 0 Å². The minimum atomic E-state index is -1.14. The maximum Gasteiger partial charge on any atom is 0.311 e. The second kappa shape index (κ2) is 2.21. The minimum Gasteiger partial charge on any atom is -0.436 e. The maximum absolute atomic E-state index is 10.5. The molecule has 58 valence electrons. The van der Waals surface area contributed by atoms with E-state index in [4.69, 9.17) is 5.11 Å². The zero-order valence-corrected chi connectivity index (χ0v) is 5.70. The van der Waals surface area contributed by atoms with Crippen molar-refractivity contribution in [3.63, 3.8) is 0 Å². The summed E-state index contributed by atoms with van der Waals surface area (Å²) in [4.78, 5) is 10.5. The number of rotatable bonds is 0. The van der Waals surface area contributed by atoms with E-state index in [1.165, 1.54) is 6.92 Å². The van der Waals surface area contributed by atoms with Crippen molar-refractivity contribution in [1.29, 1.82) is 0 Å². The Hall–Kier alpha value is -0.610. The fourth-order valence-corrected chi connectivity index (χ4v) is 0.994. The summed E-state index contributed by atoms with van der Waals surface area (Å²) in [5.74, 6) is -0.552. The van der Waals surface area contributed by atoms with E-state index < -0.39 is 17.9 Å². The van der Waals surface area contributed by atoms with Gasteiger partial charge in [-0.25, -0.2) is 0 Å². The van der Waals surface area contributed by atoms with Crippen molar-refractivity contribution in [3.8, 4) is 0 Å². The van der Waals surface area contributed by atoms with Crippen LogP contribution >= 0.6 is 0 Å². The Morgan fingerprint density at radius 1 is 1.80 bits per heavy atom. The lowest BCUT2D eigenvalue weighted by molar-refractivity contribution is -0.197. The van der Waals surface area contributed by atoms with Gasteiger partial charge in [0.2, 0.25) is 6.29 Å². The van der Waals surface area contributed by atoms with Crippen molar-refractivity contribution in [2.45, 2.75) is 31.7 Å². The van der Waals surface area contributed by atoms with Crippen LogP contribution < -0.4 is 0 Å². The standard InChI is InChI=1S/C6H10O4/c1-6(9)2-4(7)10-5(8)3-6/h4,7,9H,2-3H2,1H3. The van der Waals surface area contributed by atoms with Crippen LogP contribution in [0.15, 0.2) is 0 Å². The molecule has 1 aliphatic heterocycles. The predicted molar refractivity (Wildman–Crippen MR) is 32.0 cm³/mol. The van der Waals surface area contributed by atoms with Gasteiger partial charge in [0, 0.05) is 6.42 Å². The number of ether oxygens (including phenoxy) is 1. The summed E-state index contributed by atoms with van der Waals surface area (Å²) in [6.45, 7) is 1.50. The van der Waals surface area contributed by atoms with Gasteiger partial charge in [0.25, 0.3) is 0 Å². The van der Waals surface area contributed by atoms with E-state index >= 15 is 0 Å². The Labute approximate surface area is 58.4 Å². The van der Waals surface area contributed by atoms with Gasteiger partial charge in [0.05, 0.1) is 12.0 Å². The molecule has 4 nitrogen and oxygen atoms in total. The van der Waals surface area contributed by atoms with Gasteiger partial charge in [-0.1, -0.05) is 0 Å². The first kappa shape index (κ1) is 7.50. The van der Waals surface area contributed by atoms with Crippen LogP contribution in [0.2, 0.25) is 0 Å². The van der Waals surface area contributed by atoms with Gasteiger partial charge in [0.15, 0.2) is 0 Å². The summed E-state index contributed by atoms with van der Waals surface area (Å²) in [5.41, 5.74) is -1.10. The van der Waals surface area contributed by atoms with Crippen LogP contribution in [0.4, 0.5) is 0 Å². The number of carbonyl (C=O) groups excluding carboxylic acids is 1. The molecule has 1 saturated heterocycles. The molecule has 0 aromatic carbocycles. The van der Waals surface area contributed by atoms with Crippen molar-refractivity contribution in [1.82, 2.24) is 0 Å². The highest BCUT2D eigenvalue weighted by atomic mass is 16.6. The molecule has 10 heavy (non-hydrogen) atoms. The molecule has 0 amide bonds. The fraction of sp³-hybridized carbons (Fsp3) is 0.833. The SMILES string of the molecule is CC1(O)CC(=O)OC(O)C1. The monoisotopic (exact) mass is 146 g/mol. The first-order chi connectivity index (χ1) is 4.49. The van der Waals surface area contributed by atoms with Crippen LogP contribution in [0.5, 0.6) is 0 Å². The Bertz CT molecular complexity index is 152. The molecule has 0 radical (unpaired) electrons. The Morgan fingerprint density at radius 2 is 2.40 bits per heavy atom. The third kappa shape index (κ3) is 1.68. The molecule has 0 aliphatic carbocycles. The molecule has 2 N–H and O–H groups in total. The fourth-order valence-electron chi connectivity index (χ4n) is 0.994. The summed E-state index contributed by atoms with van der Waals surface area (Å²) < 4.78 is 4.38. The smallest absolute Gasteiger partial charge is 0.311 e. The van der Waals surface area contributed by atoms with Crippen molar-refractivity contribution >= 4 is 5.97 Å². The predicted octanol–water partition coefficient (Wildman–Crippen LogP) is -0.607. The van der Waals surface area contributed by atoms with Crippen LogP contribution in [-0.4, -0.2) is 28.1 Å². The van der Waals surface area contributed by atoms with Crippen LogP contribution in [0.1, 0.15) is 19.8 Å². The summed E-state index contributed by atoms with van der Waals surface area (Å²) in [6, 6.07) is 0. The average molecular weight is 146 g/mol. The highest BCUT2D eigenvalue weighted by molar-refractivity contribution is 5.71. The molecule has 0 bridgehead atoms. The number of esters is 1. The number of aliphatic hydroxyl groups excluding tert-OH is 1. The highest BCUT2D eigenvalue weighted by Crippen LogP contribution is 2.23. The molecule has 2 atom stereocenters. The molecular weight excluding hydrogens is 136 g/mol. The lowest BCUT2D eigenvalue weighted by atomic mass is 9.96. The van der Waals surface area contributed by atoms with Gasteiger partial charge >= 0.3 is 5.97 Å². The molecule has 0 aromatic rings. The van der Waals surface area contributed by atoms with E-state index in [0.717, 1.165) is 0 Å². The largest absolute Gasteiger partial charge is 0.436 e. The quantitative estimate of drug-likeness (QED) is 0.447. The second-order valence-corrected chi connectivity index (χ2v) is 2.82. The van der Waals surface area contributed by atoms with Gasteiger partial charge < -0.3 is 14.9 Å². The number of hydrogen-bond acceptors (Lipinski definition) is 4. The molecule has 2 unspecified atom stereocenters. The molecule has 1 heterocycles. The third-order valence-electron chi connectivity index (χ3n) is 1.41. The van der Waals surface area contributed by atoms with Crippen molar-refractivity contribution in [2.24, 2.45) is 0 Å². The van der Waals surface area contributed by atoms with E-state index in [1.54, 1.807) is 0 Å². The number of carbonyl (C=O) groups is 1. The van der Waals surface area contributed by atoms with E-state index in [0.29, 0.717) is 0 Å². The molecule has 1 fully saturated rings. The van der Waals surface area contributed by atoms with Crippen molar-refractivity contribution in [3.05, 3.63) is 0 Å². The van der Waals surface area contributed by atoms with E-state index in [9.17, 15) is 9.90 Å². The van der Waals surface area contributed by atoms with E-state index in [-0.39, 0.29) is 12.8 Å². The normalized spacial score (nSPS) is 41.1. The molecule has 0 saturated carbocycles. The number of hydrogen-bond donors (Lipinski definition) is 2. The number of cyclic esters (lactones) is 1. The van der Waals surface area contributed by atoms with Crippen LogP contribution in [0.3, 0.4) is 0 Å². The zero-order valence-electron chi connectivity index (χ0n) is 5.70. The van der Waals surface area contributed by atoms with E-state index in [1.807, 2.05) is 0 Å². The summed E-state index contributed by atoms with van der Waals surface area (Å²) in [6.07, 6.45) is -1.08. The lowest BCUT2D eigenvalue weighted by Crippen LogP contribution is -2.40. The van der Waals surface area contributed by atoms with Gasteiger partial charge in [-0.2, -0.15) is 0 Å². The highest BCUT2D eigenvalue weighted by Gasteiger charge is 2.34. The minimum absolute atomic E-state index is 0.0376. The third-order valence-corrected chi connectivity index (χ3v) is 1.41. The molecule has 0 spiro atoms. The van der Waals surface area contributed by atoms with E-state index in [2.05, 4.69) is 4.74 Å². The van der Waals surface area contributed by atoms with Crippen molar-refractivity contribution < 1.29 is 19.7 Å². The summed E-state index contributed by atoms with van der Waals surface area (Å²) in [5, 5.41) is 18.1. The van der Waals surface area contributed by atoms with Gasteiger partial charge in [-0.3, -0.25) is 4.79 Å². The molecular formula is C6H10O4. The average Bonchev–Trinajstić information content (AvgIpc) is 1.54. The summed E-state index contributed by atoms with van der Waals surface area (Å²) in [7, 11) is 0. The summed E-state index contributed by atoms with van der Waals surface area (Å²) >= 11 is 0. The Morgan fingerprint density at radius 3 is 2.80 bits per heavy atom. The lowest BCUT2D eigenvalue weighted by Gasteiger charge is -2.29. The van der Waals surface area contributed by atoms with Gasteiger partial charge in [0.1, 0.15) is 0 Å². The van der Waals surface area contributed by atoms with Crippen LogP contribution in [0, 0.1) is 0 Å². The molecule has 1 rings (SSSR count). The Kier molecular flexibility index (Phi) is 1.66. The Balaban J connectivity index is 2.59. The van der Waals surface area contributed by atoms with Gasteiger partial charge in [-0.15, -0.1) is 0 Å². The molecule has 0 aromatic heterocycles. The topological polar surface area (TPSA) is 66.8 Å².